The van der Waals surface area contributed by atoms with E-state index >= 15 is 0 Å². The average Bonchev–Trinajstić information content (AvgIpc) is 2.82. The fourth-order valence-corrected chi connectivity index (χ4v) is 4.16. The van der Waals surface area contributed by atoms with Crippen LogP contribution in [-0.2, 0) is 24.2 Å². The van der Waals surface area contributed by atoms with Crippen LogP contribution in [0.2, 0.25) is 5.02 Å². The molecule has 0 saturated heterocycles. The van der Waals surface area contributed by atoms with Crippen LogP contribution in [0, 0.1) is 0 Å². The molecule has 0 bridgehead atoms. The van der Waals surface area contributed by atoms with E-state index < -0.39 is 5.91 Å². The van der Waals surface area contributed by atoms with Gasteiger partial charge >= 0.3 is 0 Å². The van der Waals surface area contributed by atoms with E-state index in [4.69, 9.17) is 26.5 Å². The number of hydrogen-bond acceptors (Lipinski definition) is 6. The maximum absolute atomic E-state index is 11.0. The highest BCUT2D eigenvalue weighted by Gasteiger charge is 2.18. The van der Waals surface area contributed by atoms with Crippen LogP contribution in [0.1, 0.15) is 29.7 Å². The van der Waals surface area contributed by atoms with Crippen molar-refractivity contribution in [2.24, 2.45) is 0 Å². The van der Waals surface area contributed by atoms with Gasteiger partial charge in [0.05, 0.1) is 5.52 Å². The van der Waals surface area contributed by atoms with E-state index in [1.165, 1.54) is 35.3 Å². The lowest BCUT2D eigenvalue weighted by molar-refractivity contribution is -0.131. The van der Waals surface area contributed by atoms with Crippen molar-refractivity contribution in [3.05, 3.63) is 64.3 Å². The summed E-state index contributed by atoms with van der Waals surface area (Å²) >= 11 is 6.20. The molecule has 0 fully saturated rings. The van der Waals surface area contributed by atoms with E-state index in [1.54, 1.807) is 12.1 Å². The number of amides is 1. The van der Waals surface area contributed by atoms with Gasteiger partial charge in [0, 0.05) is 41.4 Å². The molecule has 4 N–H and O–H groups in total. The molecule has 0 unspecified atom stereocenters. The predicted molar refractivity (Wildman–Crippen MR) is 125 cm³/mol. The number of benzene rings is 2. The molecule has 0 atom stereocenters. The number of nitrogens with one attached hydrogen (secondary N) is 3. The fraction of sp³-hybridized carbons (Fsp3) is 0.333. The number of aromatic nitrogens is 1. The van der Waals surface area contributed by atoms with Crippen molar-refractivity contribution in [3.8, 4) is 5.75 Å². The molecule has 1 amide bonds. The molecule has 0 saturated carbocycles. The van der Waals surface area contributed by atoms with Gasteiger partial charge in [-0.15, -0.1) is 0 Å². The number of fused-ring (bicyclic) bond motifs is 2. The molecule has 3 aromatic rings. The second kappa shape index (κ2) is 10.6. The van der Waals surface area contributed by atoms with Gasteiger partial charge in [-0.1, -0.05) is 23.7 Å². The topological polar surface area (TPSA) is 95.5 Å². The van der Waals surface area contributed by atoms with Crippen LogP contribution in [-0.4, -0.2) is 35.8 Å². The van der Waals surface area contributed by atoms with Gasteiger partial charge < -0.3 is 15.4 Å². The van der Waals surface area contributed by atoms with Crippen LogP contribution in [0.5, 0.6) is 5.75 Å². The highest BCUT2D eigenvalue weighted by atomic mass is 35.5. The van der Waals surface area contributed by atoms with E-state index in [0.717, 1.165) is 48.9 Å². The molecule has 0 radical (unpaired) electrons. The largest absolute Gasteiger partial charge is 0.484 e. The van der Waals surface area contributed by atoms with Crippen LogP contribution < -0.4 is 20.9 Å². The maximum atomic E-state index is 11.0. The number of aryl methyl sites for hydroxylation is 1. The minimum absolute atomic E-state index is 0.223. The number of ether oxygens (including phenoxy) is 1. The summed E-state index contributed by atoms with van der Waals surface area (Å²) in [5.41, 5.74) is 7.34. The summed E-state index contributed by atoms with van der Waals surface area (Å²) in [6.45, 7) is 2.11. The van der Waals surface area contributed by atoms with Crippen LogP contribution in [0.3, 0.4) is 0 Å². The first-order valence-electron chi connectivity index (χ1n) is 10.8. The van der Waals surface area contributed by atoms with Gasteiger partial charge in [0.15, 0.2) is 6.61 Å². The summed E-state index contributed by atoms with van der Waals surface area (Å²) in [5.74, 6) is -0.0111. The smallest absolute Gasteiger partial charge is 0.281 e. The summed E-state index contributed by atoms with van der Waals surface area (Å²) in [4.78, 5) is 15.9. The zero-order valence-electron chi connectivity index (χ0n) is 17.8. The lowest BCUT2D eigenvalue weighted by Gasteiger charge is -2.22. The van der Waals surface area contributed by atoms with Crippen molar-refractivity contribution in [2.75, 3.05) is 25.0 Å². The summed E-state index contributed by atoms with van der Waals surface area (Å²) < 4.78 is 5.28. The minimum Gasteiger partial charge on any atom is -0.484 e. The van der Waals surface area contributed by atoms with Crippen molar-refractivity contribution in [1.29, 1.82) is 0 Å². The van der Waals surface area contributed by atoms with E-state index in [2.05, 4.69) is 16.7 Å². The minimum atomic E-state index is -0.588. The Morgan fingerprint density at radius 2 is 1.91 bits per heavy atom. The first-order chi connectivity index (χ1) is 15.6. The molecule has 7 nitrogen and oxygen atoms in total. The summed E-state index contributed by atoms with van der Waals surface area (Å²) in [7, 11) is 0. The highest BCUT2D eigenvalue weighted by molar-refractivity contribution is 6.31. The van der Waals surface area contributed by atoms with Gasteiger partial charge in [0.25, 0.3) is 5.91 Å². The van der Waals surface area contributed by atoms with E-state index in [-0.39, 0.29) is 6.61 Å². The van der Waals surface area contributed by atoms with Gasteiger partial charge in [-0.25, -0.2) is 5.48 Å². The number of pyridine rings is 1. The Labute approximate surface area is 192 Å². The third-order valence-electron chi connectivity index (χ3n) is 5.58. The highest BCUT2D eigenvalue weighted by Crippen LogP contribution is 2.34. The second-order valence-corrected chi connectivity index (χ2v) is 8.29. The van der Waals surface area contributed by atoms with Gasteiger partial charge in [0.2, 0.25) is 0 Å². The van der Waals surface area contributed by atoms with Crippen LogP contribution in [0.25, 0.3) is 10.9 Å². The molecule has 1 aliphatic rings. The van der Waals surface area contributed by atoms with Gasteiger partial charge in [-0.2, -0.15) is 0 Å². The molecule has 2 aromatic carbocycles. The van der Waals surface area contributed by atoms with Crippen molar-refractivity contribution in [1.82, 2.24) is 15.8 Å². The molecule has 0 spiro atoms. The Morgan fingerprint density at radius 3 is 2.72 bits per heavy atom. The number of halogens is 1. The third-order valence-corrected chi connectivity index (χ3v) is 5.81. The molecule has 1 heterocycles. The molecule has 1 aromatic heterocycles. The van der Waals surface area contributed by atoms with E-state index in [0.29, 0.717) is 10.8 Å². The Kier molecular flexibility index (Phi) is 7.42. The standard InChI is InChI=1S/C24H27ClN4O3/c25-17-7-10-20-22(13-17)28-21-4-2-1-3-19(21)24(20)27-12-11-26-14-16-5-8-18(9-6-16)32-15-23(30)29-31/h5-10,13,26,31H,1-4,11-12,14-15H2,(H,27,28)(H,29,30). The van der Waals surface area contributed by atoms with Crippen molar-refractivity contribution < 1.29 is 14.7 Å². The zero-order chi connectivity index (χ0) is 22.3. The predicted octanol–water partition coefficient (Wildman–Crippen LogP) is 3.85. The first kappa shape index (κ1) is 22.3. The lowest BCUT2D eigenvalue weighted by atomic mass is 9.92. The van der Waals surface area contributed by atoms with Crippen LogP contribution in [0.4, 0.5) is 5.69 Å². The molecule has 4 rings (SSSR count). The van der Waals surface area contributed by atoms with Crippen molar-refractivity contribution in [2.45, 2.75) is 32.2 Å². The van der Waals surface area contributed by atoms with Gasteiger partial charge in [-0.05, 0) is 67.1 Å². The molecule has 168 valence electrons. The Bertz CT molecular complexity index is 1090. The first-order valence-corrected chi connectivity index (χ1v) is 11.2. The summed E-state index contributed by atoms with van der Waals surface area (Å²) in [6.07, 6.45) is 4.47. The Hall–Kier alpha value is -2.87. The molecule has 8 heteroatoms. The fourth-order valence-electron chi connectivity index (χ4n) is 3.99. The van der Waals surface area contributed by atoms with E-state index in [1.807, 2.05) is 24.3 Å². The van der Waals surface area contributed by atoms with Gasteiger partial charge in [0.1, 0.15) is 5.75 Å². The summed E-state index contributed by atoms with van der Waals surface area (Å²) in [6, 6.07) is 13.4. The third kappa shape index (κ3) is 5.48. The number of carbonyl (C=O) groups is 1. The number of carbonyl (C=O) groups excluding carboxylic acids is 1. The number of rotatable bonds is 9. The molecular formula is C24H27ClN4O3. The van der Waals surface area contributed by atoms with Crippen LogP contribution >= 0.6 is 11.6 Å². The molecular weight excluding hydrogens is 428 g/mol. The lowest BCUT2D eigenvalue weighted by Crippen LogP contribution is -2.25. The Morgan fingerprint density at radius 1 is 1.09 bits per heavy atom. The van der Waals surface area contributed by atoms with Crippen LogP contribution in [0.15, 0.2) is 42.5 Å². The molecule has 1 aliphatic carbocycles. The summed E-state index contributed by atoms with van der Waals surface area (Å²) in [5, 5.41) is 17.4. The zero-order valence-corrected chi connectivity index (χ0v) is 18.5. The van der Waals surface area contributed by atoms with Crippen molar-refractivity contribution in [3.63, 3.8) is 0 Å². The van der Waals surface area contributed by atoms with Gasteiger partial charge in [-0.3, -0.25) is 15.0 Å². The maximum Gasteiger partial charge on any atom is 0.281 e. The normalized spacial score (nSPS) is 12.9. The monoisotopic (exact) mass is 454 g/mol. The quantitative estimate of drug-likeness (QED) is 0.223. The Balaban J connectivity index is 1.32. The van der Waals surface area contributed by atoms with E-state index in [9.17, 15) is 4.79 Å². The number of hydroxylamine groups is 1. The molecule has 32 heavy (non-hydrogen) atoms. The number of nitrogens with zero attached hydrogens (tertiary/aromatic N) is 1. The molecule has 0 aliphatic heterocycles. The second-order valence-electron chi connectivity index (χ2n) is 7.85. The van der Waals surface area contributed by atoms with Crippen molar-refractivity contribution >= 4 is 34.1 Å². The number of hydrogen-bond donors (Lipinski definition) is 4. The number of anilines is 1. The average molecular weight is 455 g/mol. The SMILES string of the molecule is O=C(COc1ccc(CNCCNc2c3c(nc4cc(Cl)ccc24)CCCC3)cc1)NO.